The fourth-order valence-electron chi connectivity index (χ4n) is 5.74. The van der Waals surface area contributed by atoms with Crippen LogP contribution < -0.4 is 5.32 Å². The van der Waals surface area contributed by atoms with Crippen LogP contribution in [0.1, 0.15) is 93.3 Å². The van der Waals surface area contributed by atoms with Crippen molar-refractivity contribution in [1.82, 2.24) is 19.8 Å². The lowest BCUT2D eigenvalue weighted by Crippen LogP contribution is -2.45. The van der Waals surface area contributed by atoms with Crippen LogP contribution in [0.15, 0.2) is 35.7 Å². The summed E-state index contributed by atoms with van der Waals surface area (Å²) in [5.74, 6) is 1.13. The fraction of sp³-hybridized carbons (Fsp3) is 0.581. The number of nitrogens with one attached hydrogen (secondary N) is 1. The molecule has 1 saturated heterocycles. The number of hydrogen-bond acceptors (Lipinski definition) is 5. The molecule has 3 heterocycles. The van der Waals surface area contributed by atoms with Gasteiger partial charge in [-0.25, -0.2) is 4.98 Å². The number of fused-ring (bicyclic) bond motifs is 1. The van der Waals surface area contributed by atoms with E-state index in [-0.39, 0.29) is 30.1 Å². The van der Waals surface area contributed by atoms with Crippen molar-refractivity contribution in [2.24, 2.45) is 11.8 Å². The van der Waals surface area contributed by atoms with Crippen molar-refractivity contribution in [2.45, 2.75) is 84.7 Å². The van der Waals surface area contributed by atoms with Crippen LogP contribution in [0, 0.1) is 11.8 Å². The highest BCUT2D eigenvalue weighted by Gasteiger charge is 2.27. The molecule has 3 aromatic rings. The largest absolute Gasteiger partial charge is 0.353 e. The maximum Gasteiger partial charge on any atom is 0.223 e. The van der Waals surface area contributed by atoms with Crippen LogP contribution in [-0.4, -0.2) is 52.3 Å². The molecular formula is C31H44N4O2S. The molecule has 0 radical (unpaired) electrons. The molecule has 1 atom stereocenters. The quantitative estimate of drug-likeness (QED) is 0.269. The van der Waals surface area contributed by atoms with Gasteiger partial charge in [0.15, 0.2) is 5.78 Å². The number of aromatic nitrogens is 2. The molecule has 206 valence electrons. The number of ketones is 1. The molecule has 0 saturated carbocycles. The molecule has 0 spiro atoms. The van der Waals surface area contributed by atoms with Crippen LogP contribution >= 0.6 is 11.3 Å². The second-order valence-corrected chi connectivity index (χ2v) is 12.4. The van der Waals surface area contributed by atoms with Gasteiger partial charge in [-0.2, -0.15) is 0 Å². The standard InChI is InChI=1S/C31H44N4O2S/c1-6-25(7-2)35-28-11-10-22(18-27(28)33-30(35)20-26-9-8-16-38-26)29(36)19-23(17-21(3)4)31(37)32-24-12-14-34(5)15-13-24/h8-11,16,18,21,23-25H,6-7,12-15,17,19-20H2,1-5H3,(H,32,37)/t23-/m1/s1. The van der Waals surface area contributed by atoms with E-state index in [1.165, 1.54) is 4.88 Å². The van der Waals surface area contributed by atoms with Crippen molar-refractivity contribution in [3.63, 3.8) is 0 Å². The van der Waals surface area contributed by atoms with Crippen LogP contribution in [0.5, 0.6) is 0 Å². The maximum absolute atomic E-state index is 13.5. The van der Waals surface area contributed by atoms with Crippen molar-refractivity contribution < 1.29 is 9.59 Å². The Kier molecular flexibility index (Phi) is 9.77. The minimum atomic E-state index is -0.311. The minimum absolute atomic E-state index is 0.0213. The van der Waals surface area contributed by atoms with E-state index in [2.05, 4.69) is 73.1 Å². The van der Waals surface area contributed by atoms with Crippen LogP contribution in [-0.2, 0) is 11.2 Å². The van der Waals surface area contributed by atoms with Crippen LogP contribution in [0.3, 0.4) is 0 Å². The molecule has 7 heteroatoms. The Balaban J connectivity index is 1.55. The van der Waals surface area contributed by atoms with Gasteiger partial charge >= 0.3 is 0 Å². The first kappa shape index (κ1) is 28.5. The summed E-state index contributed by atoms with van der Waals surface area (Å²) in [6.45, 7) is 10.7. The SMILES string of the molecule is CCC(CC)n1c(Cc2cccs2)nc2cc(C(=O)C[C@@H](CC(C)C)C(=O)NC3CCN(C)CC3)ccc21. The number of carbonyl (C=O) groups excluding carboxylic acids is 2. The summed E-state index contributed by atoms with van der Waals surface area (Å²) in [4.78, 5) is 35.4. The molecule has 2 aromatic heterocycles. The third-order valence-electron chi connectivity index (χ3n) is 7.93. The summed E-state index contributed by atoms with van der Waals surface area (Å²) in [5.41, 5.74) is 2.60. The van der Waals surface area contributed by atoms with E-state index in [1.807, 2.05) is 12.1 Å². The van der Waals surface area contributed by atoms with Crippen LogP contribution in [0.2, 0.25) is 0 Å². The average Bonchev–Trinajstić information content (AvgIpc) is 3.53. The number of piperidine rings is 1. The predicted molar refractivity (Wildman–Crippen MR) is 157 cm³/mol. The molecule has 1 N–H and O–H groups in total. The summed E-state index contributed by atoms with van der Waals surface area (Å²) in [5, 5.41) is 5.36. The number of benzene rings is 1. The van der Waals surface area contributed by atoms with Crippen molar-refractivity contribution in [3.05, 3.63) is 52.0 Å². The van der Waals surface area contributed by atoms with Gasteiger partial charge in [-0.15, -0.1) is 11.3 Å². The molecular weight excluding hydrogens is 492 g/mol. The zero-order chi connectivity index (χ0) is 27.2. The number of imidazole rings is 1. The second-order valence-electron chi connectivity index (χ2n) is 11.4. The van der Waals surface area contributed by atoms with Crippen molar-refractivity contribution in [1.29, 1.82) is 0 Å². The Morgan fingerprint density at radius 1 is 1.13 bits per heavy atom. The smallest absolute Gasteiger partial charge is 0.223 e. The van der Waals surface area contributed by atoms with Gasteiger partial charge in [-0.3, -0.25) is 9.59 Å². The third kappa shape index (κ3) is 6.92. The Morgan fingerprint density at radius 3 is 2.50 bits per heavy atom. The number of likely N-dealkylation sites (tertiary alicyclic amines) is 1. The first-order valence-electron chi connectivity index (χ1n) is 14.3. The molecule has 1 aromatic carbocycles. The van der Waals surface area contributed by atoms with Gasteiger partial charge in [-0.1, -0.05) is 33.8 Å². The zero-order valence-electron chi connectivity index (χ0n) is 23.7. The van der Waals surface area contributed by atoms with E-state index in [0.29, 0.717) is 23.9 Å². The molecule has 0 unspecified atom stereocenters. The number of Topliss-reactive ketones (excluding diaryl/α,β-unsaturated/α-hetero) is 1. The molecule has 38 heavy (non-hydrogen) atoms. The highest BCUT2D eigenvalue weighted by molar-refractivity contribution is 7.09. The molecule has 1 amide bonds. The second kappa shape index (κ2) is 13.0. The van der Waals surface area contributed by atoms with E-state index in [1.54, 1.807) is 11.3 Å². The first-order chi connectivity index (χ1) is 18.3. The zero-order valence-corrected chi connectivity index (χ0v) is 24.5. The van der Waals surface area contributed by atoms with Crippen LogP contribution in [0.25, 0.3) is 11.0 Å². The Morgan fingerprint density at radius 2 is 1.87 bits per heavy atom. The third-order valence-corrected chi connectivity index (χ3v) is 8.80. The summed E-state index contributed by atoms with van der Waals surface area (Å²) in [6.07, 6.45) is 5.73. The average molecular weight is 537 g/mol. The molecule has 1 aliphatic heterocycles. The lowest BCUT2D eigenvalue weighted by atomic mass is 9.89. The van der Waals surface area contributed by atoms with Gasteiger partial charge in [0.05, 0.1) is 11.0 Å². The van der Waals surface area contributed by atoms with E-state index in [9.17, 15) is 9.59 Å². The summed E-state index contributed by atoms with van der Waals surface area (Å²) < 4.78 is 2.37. The van der Waals surface area contributed by atoms with Gasteiger partial charge in [0.1, 0.15) is 5.82 Å². The number of rotatable bonds is 12. The number of hydrogen-bond donors (Lipinski definition) is 1. The Hall–Kier alpha value is -2.51. The van der Waals surface area contributed by atoms with E-state index in [0.717, 1.165) is 62.1 Å². The first-order valence-corrected chi connectivity index (χ1v) is 15.2. The fourth-order valence-corrected chi connectivity index (χ4v) is 6.44. The normalized spacial score (nSPS) is 16.0. The monoisotopic (exact) mass is 536 g/mol. The summed E-state index contributed by atoms with van der Waals surface area (Å²) in [7, 11) is 2.12. The Bertz CT molecular complexity index is 1200. The van der Waals surface area contributed by atoms with Gasteiger partial charge in [0.25, 0.3) is 0 Å². The van der Waals surface area contributed by atoms with Gasteiger partial charge in [0.2, 0.25) is 5.91 Å². The minimum Gasteiger partial charge on any atom is -0.353 e. The maximum atomic E-state index is 13.5. The highest BCUT2D eigenvalue weighted by Crippen LogP contribution is 2.29. The number of carbonyl (C=O) groups is 2. The van der Waals surface area contributed by atoms with Crippen molar-refractivity contribution >= 4 is 34.1 Å². The van der Waals surface area contributed by atoms with Crippen LogP contribution in [0.4, 0.5) is 0 Å². The summed E-state index contributed by atoms with van der Waals surface area (Å²) >= 11 is 1.75. The number of nitrogens with zero attached hydrogens (tertiary/aromatic N) is 3. The predicted octanol–water partition coefficient (Wildman–Crippen LogP) is 6.50. The Labute approximate surface area is 231 Å². The molecule has 0 aliphatic carbocycles. The van der Waals surface area contributed by atoms with Gasteiger partial charge in [-0.05, 0) is 87.8 Å². The highest BCUT2D eigenvalue weighted by atomic mass is 32.1. The number of thiophene rings is 1. The molecule has 6 nitrogen and oxygen atoms in total. The molecule has 0 bridgehead atoms. The summed E-state index contributed by atoms with van der Waals surface area (Å²) in [6, 6.07) is 10.7. The topological polar surface area (TPSA) is 67.2 Å². The molecule has 1 fully saturated rings. The van der Waals surface area contributed by atoms with Gasteiger partial charge in [0, 0.05) is 41.3 Å². The lowest BCUT2D eigenvalue weighted by molar-refractivity contribution is -0.126. The van der Waals surface area contributed by atoms with Crippen molar-refractivity contribution in [3.8, 4) is 0 Å². The van der Waals surface area contributed by atoms with E-state index in [4.69, 9.17) is 4.98 Å². The molecule has 1 aliphatic rings. The van der Waals surface area contributed by atoms with Gasteiger partial charge < -0.3 is 14.8 Å². The number of amides is 1. The van der Waals surface area contributed by atoms with E-state index < -0.39 is 0 Å². The molecule has 4 rings (SSSR count). The van der Waals surface area contributed by atoms with E-state index >= 15 is 0 Å². The van der Waals surface area contributed by atoms with Crippen molar-refractivity contribution in [2.75, 3.05) is 20.1 Å². The lowest BCUT2D eigenvalue weighted by Gasteiger charge is -2.30.